The molecule has 0 bridgehead atoms. The molecule has 0 aromatic carbocycles. The van der Waals surface area contributed by atoms with Gasteiger partial charge in [0, 0.05) is 18.0 Å². The van der Waals surface area contributed by atoms with Gasteiger partial charge in [-0.05, 0) is 43.4 Å². The predicted molar refractivity (Wildman–Crippen MR) is 58.2 cm³/mol. The van der Waals surface area contributed by atoms with Crippen molar-refractivity contribution >= 4 is 15.9 Å². The van der Waals surface area contributed by atoms with Crippen molar-refractivity contribution in [1.82, 2.24) is 0 Å². The van der Waals surface area contributed by atoms with Gasteiger partial charge in [-0.15, -0.1) is 0 Å². The Hall–Kier alpha value is 0.440. The zero-order valence-corrected chi connectivity index (χ0v) is 9.98. The maximum absolute atomic E-state index is 5.42. The van der Waals surface area contributed by atoms with E-state index in [4.69, 9.17) is 4.74 Å². The van der Waals surface area contributed by atoms with E-state index in [1.165, 1.54) is 32.1 Å². The first kappa shape index (κ1) is 9.97. The molecule has 1 saturated carbocycles. The van der Waals surface area contributed by atoms with Crippen LogP contribution in [0.25, 0.3) is 0 Å². The SMILES string of the molecule is CC1(C2CCOCC2)CCC(Br)C1. The fourth-order valence-corrected chi connectivity index (χ4v) is 3.93. The normalized spacial score (nSPS) is 42.5. The van der Waals surface area contributed by atoms with Crippen LogP contribution in [0.4, 0.5) is 0 Å². The van der Waals surface area contributed by atoms with Gasteiger partial charge in [-0.1, -0.05) is 22.9 Å². The standard InChI is InChI=1S/C11H19BrO/c1-11(5-2-10(12)8-11)9-3-6-13-7-4-9/h9-10H,2-8H2,1H3. The van der Waals surface area contributed by atoms with Crippen LogP contribution in [0.2, 0.25) is 0 Å². The summed E-state index contributed by atoms with van der Waals surface area (Å²) in [6.07, 6.45) is 6.73. The first-order valence-electron chi connectivity index (χ1n) is 5.42. The molecule has 1 aliphatic carbocycles. The van der Waals surface area contributed by atoms with Gasteiger partial charge in [-0.25, -0.2) is 0 Å². The lowest BCUT2D eigenvalue weighted by Crippen LogP contribution is -2.30. The van der Waals surface area contributed by atoms with Crippen LogP contribution >= 0.6 is 15.9 Å². The highest BCUT2D eigenvalue weighted by molar-refractivity contribution is 9.09. The number of rotatable bonds is 1. The van der Waals surface area contributed by atoms with Crippen LogP contribution in [0.5, 0.6) is 0 Å². The van der Waals surface area contributed by atoms with E-state index >= 15 is 0 Å². The Morgan fingerprint density at radius 1 is 1.23 bits per heavy atom. The number of ether oxygens (including phenoxy) is 1. The van der Waals surface area contributed by atoms with Crippen molar-refractivity contribution in [2.75, 3.05) is 13.2 Å². The summed E-state index contributed by atoms with van der Waals surface area (Å²) in [7, 11) is 0. The Labute approximate surface area is 89.4 Å². The zero-order valence-electron chi connectivity index (χ0n) is 8.39. The smallest absolute Gasteiger partial charge is 0.0468 e. The van der Waals surface area contributed by atoms with Crippen molar-refractivity contribution in [3.8, 4) is 0 Å². The third-order valence-corrected chi connectivity index (χ3v) is 4.70. The molecule has 0 amide bonds. The summed E-state index contributed by atoms with van der Waals surface area (Å²) < 4.78 is 5.42. The molecule has 2 rings (SSSR count). The topological polar surface area (TPSA) is 9.23 Å². The molecular weight excluding hydrogens is 228 g/mol. The van der Waals surface area contributed by atoms with E-state index in [2.05, 4.69) is 22.9 Å². The van der Waals surface area contributed by atoms with Crippen LogP contribution in [-0.4, -0.2) is 18.0 Å². The molecule has 2 unspecified atom stereocenters. The Kier molecular flexibility index (Phi) is 2.99. The summed E-state index contributed by atoms with van der Waals surface area (Å²) in [4.78, 5) is 0.778. The van der Waals surface area contributed by atoms with Gasteiger partial charge in [0.2, 0.25) is 0 Å². The fraction of sp³-hybridized carbons (Fsp3) is 1.00. The number of alkyl halides is 1. The molecule has 1 saturated heterocycles. The Morgan fingerprint density at radius 2 is 1.92 bits per heavy atom. The highest BCUT2D eigenvalue weighted by Crippen LogP contribution is 2.49. The summed E-state index contributed by atoms with van der Waals surface area (Å²) in [5.41, 5.74) is 0.609. The predicted octanol–water partition coefficient (Wildman–Crippen LogP) is 3.37. The van der Waals surface area contributed by atoms with Gasteiger partial charge >= 0.3 is 0 Å². The molecule has 76 valence electrons. The second-order valence-electron chi connectivity index (χ2n) is 4.88. The van der Waals surface area contributed by atoms with Gasteiger partial charge in [-0.2, -0.15) is 0 Å². The number of hydrogen-bond donors (Lipinski definition) is 0. The fourth-order valence-electron chi connectivity index (χ4n) is 2.96. The van der Waals surface area contributed by atoms with Crippen LogP contribution < -0.4 is 0 Å². The maximum atomic E-state index is 5.42. The van der Waals surface area contributed by atoms with E-state index in [1.54, 1.807) is 0 Å². The van der Waals surface area contributed by atoms with Crippen LogP contribution in [-0.2, 0) is 4.74 Å². The molecule has 0 aromatic rings. The second kappa shape index (κ2) is 3.90. The molecule has 1 nitrogen and oxygen atoms in total. The van der Waals surface area contributed by atoms with Crippen LogP contribution in [0, 0.1) is 11.3 Å². The summed E-state index contributed by atoms with van der Waals surface area (Å²) in [5.74, 6) is 0.920. The number of hydrogen-bond acceptors (Lipinski definition) is 1. The molecule has 2 aliphatic rings. The van der Waals surface area contributed by atoms with E-state index in [1.807, 2.05) is 0 Å². The zero-order chi connectivity index (χ0) is 9.31. The van der Waals surface area contributed by atoms with E-state index in [-0.39, 0.29) is 0 Å². The minimum atomic E-state index is 0.609. The molecular formula is C11H19BrO. The Balaban J connectivity index is 1.97. The second-order valence-corrected chi connectivity index (χ2v) is 6.18. The monoisotopic (exact) mass is 246 g/mol. The summed E-state index contributed by atoms with van der Waals surface area (Å²) in [6.45, 7) is 4.46. The summed E-state index contributed by atoms with van der Waals surface area (Å²) in [6, 6.07) is 0. The molecule has 2 fully saturated rings. The first-order chi connectivity index (χ1) is 6.21. The van der Waals surface area contributed by atoms with Crippen molar-refractivity contribution in [2.45, 2.75) is 43.9 Å². The average molecular weight is 247 g/mol. The minimum Gasteiger partial charge on any atom is -0.381 e. The molecule has 1 heterocycles. The molecule has 0 spiro atoms. The quantitative estimate of drug-likeness (QED) is 0.645. The molecule has 13 heavy (non-hydrogen) atoms. The molecule has 0 N–H and O–H groups in total. The Morgan fingerprint density at radius 3 is 2.46 bits per heavy atom. The van der Waals surface area contributed by atoms with Crippen LogP contribution in [0.1, 0.15) is 39.0 Å². The van der Waals surface area contributed by atoms with E-state index in [0.717, 1.165) is 24.0 Å². The van der Waals surface area contributed by atoms with Crippen LogP contribution in [0.15, 0.2) is 0 Å². The Bertz CT molecular complexity index is 177. The maximum Gasteiger partial charge on any atom is 0.0468 e. The van der Waals surface area contributed by atoms with E-state index in [0.29, 0.717) is 5.41 Å². The van der Waals surface area contributed by atoms with Gasteiger partial charge in [0.1, 0.15) is 0 Å². The van der Waals surface area contributed by atoms with Crippen molar-refractivity contribution in [2.24, 2.45) is 11.3 Å². The van der Waals surface area contributed by atoms with Crippen molar-refractivity contribution < 1.29 is 4.74 Å². The van der Waals surface area contributed by atoms with Crippen molar-refractivity contribution in [3.05, 3.63) is 0 Å². The number of halogens is 1. The summed E-state index contributed by atoms with van der Waals surface area (Å²) >= 11 is 3.75. The molecule has 0 aromatic heterocycles. The van der Waals surface area contributed by atoms with Crippen LogP contribution in [0.3, 0.4) is 0 Å². The minimum absolute atomic E-state index is 0.609. The van der Waals surface area contributed by atoms with Gasteiger partial charge in [-0.3, -0.25) is 0 Å². The van der Waals surface area contributed by atoms with Gasteiger partial charge in [0.25, 0.3) is 0 Å². The lowest BCUT2D eigenvalue weighted by molar-refractivity contribution is 0.0188. The molecule has 1 aliphatic heterocycles. The van der Waals surface area contributed by atoms with Crippen molar-refractivity contribution in [3.63, 3.8) is 0 Å². The highest BCUT2D eigenvalue weighted by atomic mass is 79.9. The molecule has 0 radical (unpaired) electrons. The van der Waals surface area contributed by atoms with Gasteiger partial charge < -0.3 is 4.74 Å². The summed E-state index contributed by atoms with van der Waals surface area (Å²) in [5, 5.41) is 0. The molecule has 2 atom stereocenters. The van der Waals surface area contributed by atoms with E-state index < -0.39 is 0 Å². The lowest BCUT2D eigenvalue weighted by Gasteiger charge is -2.36. The third-order valence-electron chi connectivity index (χ3n) is 3.92. The highest BCUT2D eigenvalue weighted by Gasteiger charge is 2.40. The van der Waals surface area contributed by atoms with Gasteiger partial charge in [0.15, 0.2) is 0 Å². The average Bonchev–Trinajstić information content (AvgIpc) is 2.49. The third kappa shape index (κ3) is 2.10. The molecule has 2 heteroatoms. The van der Waals surface area contributed by atoms with Crippen molar-refractivity contribution in [1.29, 1.82) is 0 Å². The van der Waals surface area contributed by atoms with Gasteiger partial charge in [0.05, 0.1) is 0 Å². The lowest BCUT2D eigenvalue weighted by atomic mass is 9.72. The van der Waals surface area contributed by atoms with E-state index in [9.17, 15) is 0 Å². The largest absolute Gasteiger partial charge is 0.381 e. The first-order valence-corrected chi connectivity index (χ1v) is 6.34.